The second-order valence-electron chi connectivity index (χ2n) is 3.61. The van der Waals surface area contributed by atoms with E-state index in [0.29, 0.717) is 10.6 Å². The van der Waals surface area contributed by atoms with Crippen LogP contribution < -0.4 is 0 Å². The van der Waals surface area contributed by atoms with Crippen LogP contribution in [0.2, 0.25) is 5.02 Å². The lowest BCUT2D eigenvalue weighted by molar-refractivity contribution is -0.384. The zero-order valence-corrected chi connectivity index (χ0v) is 11.1. The fourth-order valence-electron chi connectivity index (χ4n) is 1.43. The van der Waals surface area contributed by atoms with Gasteiger partial charge in [-0.05, 0) is 30.3 Å². The van der Waals surface area contributed by atoms with Crippen molar-refractivity contribution < 1.29 is 4.92 Å². The molecule has 0 radical (unpaired) electrons. The number of nitro groups is 1. The Kier molecular flexibility index (Phi) is 4.05. The van der Waals surface area contributed by atoms with Crippen molar-refractivity contribution in [2.24, 2.45) is 0 Å². The molecule has 94 valence electrons. The lowest BCUT2D eigenvalue weighted by atomic mass is 10.2. The van der Waals surface area contributed by atoms with Crippen molar-refractivity contribution in [3.05, 3.63) is 63.2 Å². The molecule has 0 fully saturated rings. The maximum atomic E-state index is 10.5. The van der Waals surface area contributed by atoms with Crippen LogP contribution in [0, 0.1) is 21.4 Å². The molecule has 2 aromatic carbocycles. The number of hydrogen-bond acceptors (Lipinski definition) is 4. The number of nitro benzene ring substituents is 1. The van der Waals surface area contributed by atoms with Gasteiger partial charge in [-0.3, -0.25) is 10.1 Å². The largest absolute Gasteiger partial charge is 0.269 e. The van der Waals surface area contributed by atoms with Gasteiger partial charge in [0.15, 0.2) is 0 Å². The summed E-state index contributed by atoms with van der Waals surface area (Å²) in [6.45, 7) is 0. The highest BCUT2D eigenvalue weighted by Crippen LogP contribution is 2.31. The van der Waals surface area contributed by atoms with Gasteiger partial charge in [0.2, 0.25) is 0 Å². The van der Waals surface area contributed by atoms with E-state index in [-0.39, 0.29) is 5.69 Å². The highest BCUT2D eigenvalue weighted by atomic mass is 35.5. The fourth-order valence-corrected chi connectivity index (χ4v) is 2.44. The highest BCUT2D eigenvalue weighted by molar-refractivity contribution is 7.99. The van der Waals surface area contributed by atoms with Crippen LogP contribution in [0.5, 0.6) is 0 Å². The van der Waals surface area contributed by atoms with Crippen LogP contribution in [0.4, 0.5) is 5.69 Å². The molecular weight excluding hydrogens is 284 g/mol. The Labute approximate surface area is 118 Å². The monoisotopic (exact) mass is 290 g/mol. The van der Waals surface area contributed by atoms with E-state index in [1.54, 1.807) is 30.3 Å². The number of halogens is 1. The van der Waals surface area contributed by atoms with Crippen LogP contribution >= 0.6 is 23.4 Å². The van der Waals surface area contributed by atoms with E-state index in [9.17, 15) is 10.1 Å². The first-order chi connectivity index (χ1) is 9.10. The summed E-state index contributed by atoms with van der Waals surface area (Å²) in [5.74, 6) is 0. The van der Waals surface area contributed by atoms with Gasteiger partial charge in [-0.15, -0.1) is 0 Å². The minimum atomic E-state index is -0.440. The first-order valence-corrected chi connectivity index (χ1v) is 6.41. The summed E-state index contributed by atoms with van der Waals surface area (Å²) in [5.41, 5.74) is 0.465. The minimum absolute atomic E-state index is 0.0539. The number of non-ortho nitro benzene ring substituents is 1. The van der Waals surface area contributed by atoms with Crippen molar-refractivity contribution in [1.29, 1.82) is 5.26 Å². The molecule has 0 saturated carbocycles. The van der Waals surface area contributed by atoms with E-state index in [1.165, 1.54) is 23.9 Å². The zero-order chi connectivity index (χ0) is 13.8. The molecule has 2 rings (SSSR count). The van der Waals surface area contributed by atoms with Crippen molar-refractivity contribution in [1.82, 2.24) is 0 Å². The number of rotatable bonds is 3. The molecule has 0 aliphatic carbocycles. The zero-order valence-electron chi connectivity index (χ0n) is 9.54. The Morgan fingerprint density at radius 2 is 1.79 bits per heavy atom. The average molecular weight is 291 g/mol. The van der Waals surface area contributed by atoms with E-state index >= 15 is 0 Å². The molecule has 0 aliphatic heterocycles. The number of nitrogens with zero attached hydrogens (tertiary/aromatic N) is 2. The predicted octanol–water partition coefficient (Wildman–Crippen LogP) is 4.27. The quantitative estimate of drug-likeness (QED) is 0.625. The van der Waals surface area contributed by atoms with Crippen LogP contribution in [-0.4, -0.2) is 4.92 Å². The van der Waals surface area contributed by atoms with Gasteiger partial charge in [-0.25, -0.2) is 0 Å². The van der Waals surface area contributed by atoms with Crippen molar-refractivity contribution in [3.63, 3.8) is 0 Å². The second kappa shape index (κ2) is 5.74. The summed E-state index contributed by atoms with van der Waals surface area (Å²) < 4.78 is 0. The topological polar surface area (TPSA) is 66.9 Å². The summed E-state index contributed by atoms with van der Waals surface area (Å²) in [6.07, 6.45) is 0. The van der Waals surface area contributed by atoms with Gasteiger partial charge in [0.1, 0.15) is 6.07 Å². The summed E-state index contributed by atoms with van der Waals surface area (Å²) in [6, 6.07) is 13.4. The maximum absolute atomic E-state index is 10.5. The molecule has 0 unspecified atom stereocenters. The van der Waals surface area contributed by atoms with Gasteiger partial charge in [0, 0.05) is 21.9 Å². The molecular formula is C13H7ClN2O2S. The van der Waals surface area contributed by atoms with Crippen LogP contribution in [0.3, 0.4) is 0 Å². The van der Waals surface area contributed by atoms with Crippen LogP contribution in [0.1, 0.15) is 5.56 Å². The third-order valence-electron chi connectivity index (χ3n) is 2.34. The molecule has 0 bridgehead atoms. The normalized spacial score (nSPS) is 9.89. The van der Waals surface area contributed by atoms with E-state index in [1.807, 2.05) is 6.07 Å². The fraction of sp³-hybridized carbons (Fsp3) is 0. The van der Waals surface area contributed by atoms with Gasteiger partial charge in [-0.1, -0.05) is 23.4 Å². The van der Waals surface area contributed by atoms with Crippen molar-refractivity contribution in [3.8, 4) is 6.07 Å². The van der Waals surface area contributed by atoms with Crippen LogP contribution in [0.15, 0.2) is 52.3 Å². The van der Waals surface area contributed by atoms with Crippen molar-refractivity contribution >= 4 is 29.1 Å². The Morgan fingerprint density at radius 3 is 2.37 bits per heavy atom. The average Bonchev–Trinajstić information content (AvgIpc) is 2.41. The molecule has 4 nitrogen and oxygen atoms in total. The number of nitriles is 1. The maximum Gasteiger partial charge on any atom is 0.269 e. The third-order valence-corrected chi connectivity index (χ3v) is 3.67. The summed E-state index contributed by atoms with van der Waals surface area (Å²) >= 11 is 7.26. The minimum Gasteiger partial charge on any atom is -0.258 e. The number of benzene rings is 2. The highest BCUT2D eigenvalue weighted by Gasteiger charge is 2.06. The predicted molar refractivity (Wildman–Crippen MR) is 73.4 cm³/mol. The molecule has 0 aromatic heterocycles. The Morgan fingerprint density at radius 1 is 1.16 bits per heavy atom. The Hall–Kier alpha value is -2.03. The molecule has 6 heteroatoms. The smallest absolute Gasteiger partial charge is 0.258 e. The van der Waals surface area contributed by atoms with Crippen molar-refractivity contribution in [2.75, 3.05) is 0 Å². The third kappa shape index (κ3) is 3.25. The molecule has 0 saturated heterocycles. The molecule has 2 aromatic rings. The lowest BCUT2D eigenvalue weighted by Gasteiger charge is -2.03. The van der Waals surface area contributed by atoms with Crippen molar-refractivity contribution in [2.45, 2.75) is 9.79 Å². The summed E-state index contributed by atoms with van der Waals surface area (Å²) in [5, 5.41) is 19.8. The molecule has 0 amide bonds. The van der Waals surface area contributed by atoms with Crippen LogP contribution in [0.25, 0.3) is 0 Å². The van der Waals surface area contributed by atoms with Gasteiger partial charge in [0.05, 0.1) is 15.5 Å². The van der Waals surface area contributed by atoms with E-state index in [4.69, 9.17) is 16.9 Å². The number of hydrogen-bond donors (Lipinski definition) is 0. The SMILES string of the molecule is N#Cc1cc(Sc2ccc([N+](=O)[O-])cc2)ccc1Cl. The van der Waals surface area contributed by atoms with Gasteiger partial charge >= 0.3 is 0 Å². The standard InChI is InChI=1S/C13H7ClN2O2S/c14-13-6-5-12(7-9(13)8-15)19-11-3-1-10(2-4-11)16(17)18/h1-7H. The Bertz CT molecular complexity index is 665. The molecule has 0 heterocycles. The van der Waals surface area contributed by atoms with Gasteiger partial charge < -0.3 is 0 Å². The second-order valence-corrected chi connectivity index (χ2v) is 5.16. The van der Waals surface area contributed by atoms with E-state index < -0.39 is 4.92 Å². The first kappa shape index (κ1) is 13.4. The molecule has 0 aliphatic rings. The summed E-state index contributed by atoms with van der Waals surface area (Å²) in [7, 11) is 0. The van der Waals surface area contributed by atoms with Gasteiger partial charge in [0.25, 0.3) is 5.69 Å². The van der Waals surface area contributed by atoms with Gasteiger partial charge in [-0.2, -0.15) is 5.26 Å². The van der Waals surface area contributed by atoms with E-state index in [2.05, 4.69) is 0 Å². The lowest BCUT2D eigenvalue weighted by Crippen LogP contribution is -1.86. The molecule has 0 spiro atoms. The Balaban J connectivity index is 2.22. The molecule has 19 heavy (non-hydrogen) atoms. The van der Waals surface area contributed by atoms with E-state index in [0.717, 1.165) is 9.79 Å². The first-order valence-electron chi connectivity index (χ1n) is 5.22. The molecule has 0 N–H and O–H groups in total. The summed E-state index contributed by atoms with van der Waals surface area (Å²) in [4.78, 5) is 11.8. The van der Waals surface area contributed by atoms with Crippen LogP contribution in [-0.2, 0) is 0 Å². The molecule has 0 atom stereocenters.